The van der Waals surface area contributed by atoms with Crippen LogP contribution in [0.25, 0.3) is 0 Å². The van der Waals surface area contributed by atoms with Gasteiger partial charge in [0.15, 0.2) is 0 Å². The number of carbonyl (C=O) groups is 1. The molecule has 1 spiro atoms. The van der Waals surface area contributed by atoms with Crippen LogP contribution in [0.2, 0.25) is 0 Å². The Morgan fingerprint density at radius 3 is 2.65 bits per heavy atom. The van der Waals surface area contributed by atoms with Gasteiger partial charge in [-0.1, -0.05) is 12.1 Å². The molecule has 1 aromatic rings. The molecular weight excluding hydrogens is 252 g/mol. The molecule has 1 N–H and O–H groups in total. The highest BCUT2D eigenvalue weighted by molar-refractivity contribution is 5.65. The SMILES string of the molecule is N#Cc1cccc(C2CC3(CCN(C(=O)O)CC3)C2)c1. The summed E-state index contributed by atoms with van der Waals surface area (Å²) in [7, 11) is 0. The summed E-state index contributed by atoms with van der Waals surface area (Å²) in [6, 6.07) is 10.1. The van der Waals surface area contributed by atoms with E-state index in [1.54, 1.807) is 0 Å². The van der Waals surface area contributed by atoms with E-state index in [0.29, 0.717) is 24.4 Å². The highest BCUT2D eigenvalue weighted by atomic mass is 16.4. The van der Waals surface area contributed by atoms with Crippen LogP contribution in [0.5, 0.6) is 0 Å². The fraction of sp³-hybridized carbons (Fsp3) is 0.500. The zero-order chi connectivity index (χ0) is 14.2. The summed E-state index contributed by atoms with van der Waals surface area (Å²) in [5.41, 5.74) is 2.33. The van der Waals surface area contributed by atoms with E-state index in [9.17, 15) is 4.79 Å². The monoisotopic (exact) mass is 270 g/mol. The standard InChI is InChI=1S/C16H18N2O2/c17-11-12-2-1-3-13(8-12)14-9-16(10-14)4-6-18(7-5-16)15(19)20/h1-3,8,14H,4-7,9-10H2,(H,19,20). The van der Waals surface area contributed by atoms with E-state index in [2.05, 4.69) is 12.1 Å². The first-order chi connectivity index (χ1) is 9.62. The topological polar surface area (TPSA) is 64.3 Å². The summed E-state index contributed by atoms with van der Waals surface area (Å²) in [5, 5.41) is 17.9. The largest absolute Gasteiger partial charge is 0.465 e. The number of nitriles is 1. The Labute approximate surface area is 118 Å². The lowest BCUT2D eigenvalue weighted by Crippen LogP contribution is -2.47. The molecule has 20 heavy (non-hydrogen) atoms. The van der Waals surface area contributed by atoms with Crippen molar-refractivity contribution in [3.8, 4) is 6.07 Å². The smallest absolute Gasteiger partial charge is 0.407 e. The van der Waals surface area contributed by atoms with Crippen molar-refractivity contribution >= 4 is 6.09 Å². The van der Waals surface area contributed by atoms with E-state index in [0.717, 1.165) is 31.2 Å². The van der Waals surface area contributed by atoms with E-state index in [-0.39, 0.29) is 0 Å². The average Bonchev–Trinajstić information content (AvgIpc) is 2.45. The molecule has 1 saturated carbocycles. The Balaban J connectivity index is 1.61. The first-order valence-corrected chi connectivity index (χ1v) is 7.10. The van der Waals surface area contributed by atoms with E-state index in [1.807, 2.05) is 18.2 Å². The lowest BCUT2D eigenvalue weighted by Gasteiger charge is -2.52. The van der Waals surface area contributed by atoms with Crippen LogP contribution in [0.1, 0.15) is 42.7 Å². The van der Waals surface area contributed by atoms with Gasteiger partial charge in [0.25, 0.3) is 0 Å². The molecule has 0 atom stereocenters. The minimum atomic E-state index is -0.794. The van der Waals surface area contributed by atoms with Gasteiger partial charge in [0, 0.05) is 13.1 Å². The predicted octanol–water partition coefficient (Wildman–Crippen LogP) is 3.20. The van der Waals surface area contributed by atoms with Gasteiger partial charge in [0.05, 0.1) is 11.6 Å². The second-order valence-corrected chi connectivity index (χ2v) is 6.11. The minimum absolute atomic E-state index is 0.346. The second-order valence-electron chi connectivity index (χ2n) is 6.11. The van der Waals surface area contributed by atoms with Crippen molar-refractivity contribution in [2.24, 2.45) is 5.41 Å². The average molecular weight is 270 g/mol. The Morgan fingerprint density at radius 2 is 2.05 bits per heavy atom. The van der Waals surface area contributed by atoms with Gasteiger partial charge in [-0.2, -0.15) is 5.26 Å². The van der Waals surface area contributed by atoms with Crippen LogP contribution < -0.4 is 0 Å². The lowest BCUT2D eigenvalue weighted by molar-refractivity contribution is 0.0189. The van der Waals surface area contributed by atoms with Crippen molar-refractivity contribution in [2.45, 2.75) is 31.6 Å². The molecule has 2 aliphatic rings. The van der Waals surface area contributed by atoms with Gasteiger partial charge in [0.2, 0.25) is 0 Å². The summed E-state index contributed by atoms with van der Waals surface area (Å²) in [6.07, 6.45) is 3.43. The lowest BCUT2D eigenvalue weighted by atomic mass is 9.56. The molecule has 1 heterocycles. The molecule has 0 unspecified atom stereocenters. The molecule has 4 nitrogen and oxygen atoms in total. The number of hydrogen-bond acceptors (Lipinski definition) is 2. The maximum atomic E-state index is 10.9. The summed E-state index contributed by atoms with van der Waals surface area (Å²) >= 11 is 0. The van der Waals surface area contributed by atoms with E-state index in [1.165, 1.54) is 10.5 Å². The molecule has 0 aromatic heterocycles. The second kappa shape index (κ2) is 4.82. The third kappa shape index (κ3) is 2.24. The Hall–Kier alpha value is -2.02. The van der Waals surface area contributed by atoms with E-state index < -0.39 is 6.09 Å². The highest BCUT2D eigenvalue weighted by Gasteiger charge is 2.46. The van der Waals surface area contributed by atoms with Crippen molar-refractivity contribution < 1.29 is 9.90 Å². The zero-order valence-electron chi connectivity index (χ0n) is 11.4. The summed E-state index contributed by atoms with van der Waals surface area (Å²) in [4.78, 5) is 12.4. The molecular formula is C16H18N2O2. The highest BCUT2D eigenvalue weighted by Crippen LogP contribution is 2.56. The number of likely N-dealkylation sites (tertiary alicyclic amines) is 1. The minimum Gasteiger partial charge on any atom is -0.465 e. The van der Waals surface area contributed by atoms with E-state index >= 15 is 0 Å². The summed E-state index contributed by atoms with van der Waals surface area (Å²) in [6.45, 7) is 1.33. The molecule has 0 radical (unpaired) electrons. The van der Waals surface area contributed by atoms with Crippen molar-refractivity contribution in [3.05, 3.63) is 35.4 Å². The molecule has 0 bridgehead atoms. The predicted molar refractivity (Wildman–Crippen MR) is 74.4 cm³/mol. The molecule has 3 rings (SSSR count). The fourth-order valence-electron chi connectivity index (χ4n) is 3.66. The number of nitrogens with zero attached hydrogens (tertiary/aromatic N) is 2. The van der Waals surface area contributed by atoms with Crippen LogP contribution in [0.4, 0.5) is 4.79 Å². The van der Waals surface area contributed by atoms with Crippen LogP contribution in [-0.4, -0.2) is 29.2 Å². The van der Waals surface area contributed by atoms with Crippen LogP contribution in [0.15, 0.2) is 24.3 Å². The molecule has 1 saturated heterocycles. The number of amides is 1. The van der Waals surface area contributed by atoms with Crippen LogP contribution in [0, 0.1) is 16.7 Å². The first-order valence-electron chi connectivity index (χ1n) is 7.10. The molecule has 104 valence electrons. The van der Waals surface area contributed by atoms with Crippen LogP contribution in [0.3, 0.4) is 0 Å². The van der Waals surface area contributed by atoms with Gasteiger partial charge in [-0.05, 0) is 54.7 Å². The Bertz CT molecular complexity index is 560. The molecule has 1 amide bonds. The number of rotatable bonds is 1. The van der Waals surface area contributed by atoms with Crippen molar-refractivity contribution in [3.63, 3.8) is 0 Å². The van der Waals surface area contributed by atoms with Gasteiger partial charge < -0.3 is 10.0 Å². The van der Waals surface area contributed by atoms with Crippen molar-refractivity contribution in [1.82, 2.24) is 4.90 Å². The van der Waals surface area contributed by atoms with Crippen LogP contribution >= 0.6 is 0 Å². The number of carboxylic acid groups (broad SMARTS) is 1. The van der Waals surface area contributed by atoms with Gasteiger partial charge in [-0.15, -0.1) is 0 Å². The number of benzene rings is 1. The molecule has 1 aromatic carbocycles. The van der Waals surface area contributed by atoms with Crippen LogP contribution in [-0.2, 0) is 0 Å². The maximum absolute atomic E-state index is 10.9. The normalized spacial score (nSPS) is 21.2. The van der Waals surface area contributed by atoms with Gasteiger partial charge in [0.1, 0.15) is 0 Å². The van der Waals surface area contributed by atoms with Gasteiger partial charge in [-0.25, -0.2) is 4.79 Å². The van der Waals surface area contributed by atoms with E-state index in [4.69, 9.17) is 10.4 Å². The molecule has 4 heteroatoms. The number of hydrogen-bond donors (Lipinski definition) is 1. The maximum Gasteiger partial charge on any atom is 0.407 e. The first kappa shape index (κ1) is 13.0. The third-order valence-electron chi connectivity index (χ3n) is 4.94. The van der Waals surface area contributed by atoms with Crippen molar-refractivity contribution in [2.75, 3.05) is 13.1 Å². The molecule has 1 aliphatic carbocycles. The Kier molecular flexibility index (Phi) is 3.13. The Morgan fingerprint density at radius 1 is 1.35 bits per heavy atom. The number of piperidine rings is 1. The fourth-order valence-corrected chi connectivity index (χ4v) is 3.66. The summed E-state index contributed by atoms with van der Waals surface area (Å²) in [5.74, 6) is 0.541. The van der Waals surface area contributed by atoms with Gasteiger partial charge >= 0.3 is 6.09 Å². The molecule has 1 aliphatic heterocycles. The zero-order valence-corrected chi connectivity index (χ0v) is 11.4. The van der Waals surface area contributed by atoms with Crippen molar-refractivity contribution in [1.29, 1.82) is 5.26 Å². The van der Waals surface area contributed by atoms with Gasteiger partial charge in [-0.3, -0.25) is 0 Å². The summed E-state index contributed by atoms with van der Waals surface area (Å²) < 4.78 is 0. The molecule has 2 fully saturated rings. The quantitative estimate of drug-likeness (QED) is 0.852. The third-order valence-corrected chi connectivity index (χ3v) is 4.94.